The van der Waals surface area contributed by atoms with Gasteiger partial charge in [-0.25, -0.2) is 0 Å². The summed E-state index contributed by atoms with van der Waals surface area (Å²) in [5.74, 6) is -0.103. The number of benzene rings is 1. The average Bonchev–Trinajstić information content (AvgIpc) is 3.20. The number of hydrogen-bond acceptors (Lipinski definition) is 4. The third kappa shape index (κ3) is 5.30. The molecule has 0 aromatic heterocycles. The fourth-order valence-electron chi connectivity index (χ4n) is 3.99. The molecule has 1 aromatic rings. The van der Waals surface area contributed by atoms with Crippen molar-refractivity contribution in [3.8, 4) is 0 Å². The molecule has 6 heteroatoms. The van der Waals surface area contributed by atoms with E-state index in [0.717, 1.165) is 25.2 Å². The summed E-state index contributed by atoms with van der Waals surface area (Å²) in [6.07, 6.45) is 2.66. The molecule has 2 saturated heterocycles. The summed E-state index contributed by atoms with van der Waals surface area (Å²) < 4.78 is 0. The van der Waals surface area contributed by atoms with Crippen LogP contribution in [0.5, 0.6) is 0 Å². The summed E-state index contributed by atoms with van der Waals surface area (Å²) in [6.45, 7) is 9.23. The maximum absolute atomic E-state index is 12.6. The Morgan fingerprint density at radius 3 is 2.59 bits per heavy atom. The molecule has 0 unspecified atom stereocenters. The van der Waals surface area contributed by atoms with Crippen molar-refractivity contribution in [2.75, 3.05) is 32.7 Å². The molecule has 0 bridgehead atoms. The lowest BCUT2D eigenvalue weighted by Gasteiger charge is -2.37. The molecular weight excluding hydrogens is 340 g/mol. The minimum Gasteiger partial charge on any atom is -0.354 e. The highest BCUT2D eigenvalue weighted by Crippen LogP contribution is 2.20. The molecule has 2 aliphatic rings. The van der Waals surface area contributed by atoms with Gasteiger partial charge < -0.3 is 10.6 Å². The highest BCUT2D eigenvalue weighted by Gasteiger charge is 2.33. The second-order valence-electron chi connectivity index (χ2n) is 8.25. The highest BCUT2D eigenvalue weighted by molar-refractivity contribution is 5.88. The van der Waals surface area contributed by atoms with Gasteiger partial charge in [-0.1, -0.05) is 30.3 Å². The van der Waals surface area contributed by atoms with Crippen LogP contribution in [0, 0.1) is 0 Å². The molecule has 1 atom stereocenters. The normalized spacial score (nSPS) is 21.9. The summed E-state index contributed by atoms with van der Waals surface area (Å²) in [6, 6.07) is 9.70. The van der Waals surface area contributed by atoms with Gasteiger partial charge in [-0.15, -0.1) is 0 Å². The fourth-order valence-corrected chi connectivity index (χ4v) is 3.99. The molecule has 0 aliphatic carbocycles. The maximum atomic E-state index is 12.6. The molecule has 6 nitrogen and oxygen atoms in total. The average molecular weight is 373 g/mol. The smallest absolute Gasteiger partial charge is 0.237 e. The Morgan fingerprint density at radius 1 is 1.19 bits per heavy atom. The number of likely N-dealkylation sites (tertiary alicyclic amines) is 1. The molecule has 0 saturated carbocycles. The van der Waals surface area contributed by atoms with Gasteiger partial charge >= 0.3 is 0 Å². The van der Waals surface area contributed by atoms with E-state index in [4.69, 9.17) is 0 Å². The monoisotopic (exact) mass is 372 g/mol. The Bertz CT molecular complexity index is 641. The van der Waals surface area contributed by atoms with Gasteiger partial charge in [0.25, 0.3) is 0 Å². The Hall–Kier alpha value is -1.92. The number of rotatable bonds is 7. The first-order valence-electron chi connectivity index (χ1n) is 10.0. The first-order chi connectivity index (χ1) is 13.0. The van der Waals surface area contributed by atoms with Crippen LogP contribution in [0.3, 0.4) is 0 Å². The van der Waals surface area contributed by atoms with Gasteiger partial charge in [0.2, 0.25) is 11.8 Å². The van der Waals surface area contributed by atoms with E-state index in [0.29, 0.717) is 19.6 Å². The Morgan fingerprint density at radius 2 is 1.89 bits per heavy atom. The summed E-state index contributed by atoms with van der Waals surface area (Å²) in [4.78, 5) is 29.5. The summed E-state index contributed by atoms with van der Waals surface area (Å²) in [5, 5.41) is 5.97. The fraction of sp³-hybridized carbons (Fsp3) is 0.619. The second kappa shape index (κ2) is 8.85. The van der Waals surface area contributed by atoms with Gasteiger partial charge in [0.05, 0.1) is 12.5 Å². The highest BCUT2D eigenvalue weighted by atomic mass is 16.2. The van der Waals surface area contributed by atoms with Crippen molar-refractivity contribution in [2.45, 2.75) is 51.2 Å². The van der Waals surface area contributed by atoms with Crippen LogP contribution in [-0.4, -0.2) is 65.9 Å². The lowest BCUT2D eigenvalue weighted by Crippen LogP contribution is -2.57. The largest absolute Gasteiger partial charge is 0.354 e. The second-order valence-corrected chi connectivity index (χ2v) is 8.25. The zero-order chi connectivity index (χ0) is 19.3. The number of nitrogens with one attached hydrogen (secondary N) is 2. The third-order valence-corrected chi connectivity index (χ3v) is 5.73. The zero-order valence-electron chi connectivity index (χ0n) is 16.5. The molecule has 2 amide bonds. The van der Waals surface area contributed by atoms with Crippen LogP contribution in [0.1, 0.15) is 38.7 Å². The van der Waals surface area contributed by atoms with E-state index < -0.39 is 6.04 Å². The molecule has 0 radical (unpaired) electrons. The van der Waals surface area contributed by atoms with Crippen LogP contribution >= 0.6 is 0 Å². The zero-order valence-corrected chi connectivity index (χ0v) is 16.5. The quantitative estimate of drug-likeness (QED) is 0.759. The standard InChI is InChI=1S/C21H32N4O2/c1-21(2,25-11-6-7-12-25)16-23-19(26)14-18-20(27)22-10-13-24(18)15-17-8-4-3-5-9-17/h3-5,8-9,18H,6-7,10-16H2,1-2H3,(H,22,27)(H,23,26)/t18-/m1/s1. The molecule has 148 valence electrons. The van der Waals surface area contributed by atoms with Crippen molar-refractivity contribution in [3.63, 3.8) is 0 Å². The van der Waals surface area contributed by atoms with Gasteiger partial charge in [-0.3, -0.25) is 19.4 Å². The van der Waals surface area contributed by atoms with Crippen LogP contribution in [-0.2, 0) is 16.1 Å². The topological polar surface area (TPSA) is 64.7 Å². The van der Waals surface area contributed by atoms with E-state index in [1.54, 1.807) is 0 Å². The van der Waals surface area contributed by atoms with E-state index in [-0.39, 0.29) is 23.8 Å². The first-order valence-corrected chi connectivity index (χ1v) is 10.0. The number of hydrogen-bond donors (Lipinski definition) is 2. The molecule has 27 heavy (non-hydrogen) atoms. The third-order valence-electron chi connectivity index (χ3n) is 5.73. The lowest BCUT2D eigenvalue weighted by molar-refractivity contribution is -0.134. The van der Waals surface area contributed by atoms with E-state index in [1.807, 2.05) is 18.2 Å². The maximum Gasteiger partial charge on any atom is 0.237 e. The number of amides is 2. The molecule has 0 spiro atoms. The van der Waals surface area contributed by atoms with Gasteiger partial charge in [-0.05, 0) is 45.3 Å². The number of piperazine rings is 1. The Kier molecular flexibility index (Phi) is 6.50. The van der Waals surface area contributed by atoms with Crippen LogP contribution in [0.25, 0.3) is 0 Å². The van der Waals surface area contributed by atoms with Crippen molar-refractivity contribution in [1.29, 1.82) is 0 Å². The molecule has 2 fully saturated rings. The van der Waals surface area contributed by atoms with Crippen LogP contribution < -0.4 is 10.6 Å². The van der Waals surface area contributed by atoms with Crippen molar-refractivity contribution < 1.29 is 9.59 Å². The van der Waals surface area contributed by atoms with Crippen molar-refractivity contribution in [1.82, 2.24) is 20.4 Å². The number of carbonyl (C=O) groups is 2. The summed E-state index contributed by atoms with van der Waals surface area (Å²) in [7, 11) is 0. The number of nitrogens with zero attached hydrogens (tertiary/aromatic N) is 2. The molecule has 2 heterocycles. The summed E-state index contributed by atoms with van der Waals surface area (Å²) in [5.41, 5.74) is 1.11. The van der Waals surface area contributed by atoms with Crippen LogP contribution in [0.15, 0.2) is 30.3 Å². The van der Waals surface area contributed by atoms with Gasteiger partial charge in [0.1, 0.15) is 0 Å². The molecule has 2 N–H and O–H groups in total. The van der Waals surface area contributed by atoms with Crippen LogP contribution in [0.4, 0.5) is 0 Å². The van der Waals surface area contributed by atoms with Crippen molar-refractivity contribution in [2.24, 2.45) is 0 Å². The first kappa shape index (κ1) is 19.8. The van der Waals surface area contributed by atoms with Gasteiger partial charge in [-0.2, -0.15) is 0 Å². The lowest BCUT2D eigenvalue weighted by atomic mass is 10.0. The predicted molar refractivity (Wildman–Crippen MR) is 106 cm³/mol. The van der Waals surface area contributed by atoms with E-state index >= 15 is 0 Å². The van der Waals surface area contributed by atoms with Gasteiger partial charge in [0, 0.05) is 31.7 Å². The molecule has 2 aliphatic heterocycles. The minimum absolute atomic E-state index is 0.0499. The van der Waals surface area contributed by atoms with Crippen molar-refractivity contribution >= 4 is 11.8 Å². The SMILES string of the molecule is CC(C)(CNC(=O)C[C@@H]1C(=O)NCCN1Cc1ccccc1)N1CCCC1. The van der Waals surface area contributed by atoms with E-state index in [2.05, 4.69) is 46.4 Å². The Labute approximate surface area is 162 Å². The van der Waals surface area contributed by atoms with Crippen LogP contribution in [0.2, 0.25) is 0 Å². The number of carbonyl (C=O) groups excluding carboxylic acids is 2. The predicted octanol–water partition coefficient (Wildman–Crippen LogP) is 1.37. The molecule has 3 rings (SSSR count). The molecule has 1 aromatic carbocycles. The van der Waals surface area contributed by atoms with Gasteiger partial charge in [0.15, 0.2) is 0 Å². The van der Waals surface area contributed by atoms with E-state index in [9.17, 15) is 9.59 Å². The molecular formula is C21H32N4O2. The Balaban J connectivity index is 1.55. The van der Waals surface area contributed by atoms with E-state index in [1.165, 1.54) is 12.8 Å². The van der Waals surface area contributed by atoms with Crippen molar-refractivity contribution in [3.05, 3.63) is 35.9 Å². The summed E-state index contributed by atoms with van der Waals surface area (Å²) >= 11 is 0. The minimum atomic E-state index is -0.408.